The molecule has 0 atom stereocenters. The second-order valence-electron chi connectivity index (χ2n) is 4.88. The van der Waals surface area contributed by atoms with Gasteiger partial charge in [0, 0.05) is 5.56 Å². The van der Waals surface area contributed by atoms with E-state index in [2.05, 4.69) is 0 Å². The largest absolute Gasteiger partial charge is 0.508 e. The second kappa shape index (κ2) is 3.68. The van der Waals surface area contributed by atoms with Crippen molar-refractivity contribution in [2.75, 3.05) is 0 Å². The van der Waals surface area contributed by atoms with E-state index in [1.807, 2.05) is 0 Å². The molecule has 0 saturated carbocycles. The number of benzene rings is 1. The fraction of sp³-hybridized carbons (Fsp3) is 0.500. The van der Waals surface area contributed by atoms with Crippen LogP contribution in [0, 0.1) is 6.92 Å². The first-order chi connectivity index (χ1) is 7.05. The van der Waals surface area contributed by atoms with Crippen LogP contribution in [0.2, 0.25) is 0 Å². The Morgan fingerprint density at radius 2 is 1.56 bits per heavy atom. The van der Waals surface area contributed by atoms with Gasteiger partial charge < -0.3 is 5.11 Å². The van der Waals surface area contributed by atoms with Crippen molar-refractivity contribution in [1.29, 1.82) is 0 Å². The summed E-state index contributed by atoms with van der Waals surface area (Å²) in [5.41, 5.74) is -1.24. The Labute approximate surface area is 92.9 Å². The van der Waals surface area contributed by atoms with Crippen molar-refractivity contribution in [3.8, 4) is 5.75 Å². The number of phenolic OH excluding ortho intramolecular Hbond substituents is 1. The minimum atomic E-state index is -4.44. The molecule has 0 aliphatic rings. The van der Waals surface area contributed by atoms with Gasteiger partial charge in [-0.05, 0) is 24.0 Å². The number of phenols is 1. The number of rotatable bonds is 0. The topological polar surface area (TPSA) is 20.2 Å². The molecule has 0 aliphatic carbocycles. The normalized spacial score (nSPS) is 12.9. The summed E-state index contributed by atoms with van der Waals surface area (Å²) in [7, 11) is 0. The van der Waals surface area contributed by atoms with Crippen molar-refractivity contribution in [3.63, 3.8) is 0 Å². The molecule has 1 aromatic carbocycles. The van der Waals surface area contributed by atoms with Crippen LogP contribution < -0.4 is 0 Å². The molecule has 90 valence electrons. The highest BCUT2D eigenvalue weighted by Crippen LogP contribution is 2.41. The Hall–Kier alpha value is -1.19. The third-order valence-electron chi connectivity index (χ3n) is 2.53. The Morgan fingerprint density at radius 3 is 1.94 bits per heavy atom. The third-order valence-corrected chi connectivity index (χ3v) is 2.53. The average Bonchev–Trinajstić information content (AvgIpc) is 2.05. The van der Waals surface area contributed by atoms with E-state index < -0.39 is 17.2 Å². The summed E-state index contributed by atoms with van der Waals surface area (Å²) in [6.07, 6.45) is -4.44. The van der Waals surface area contributed by atoms with Crippen LogP contribution in [0.1, 0.15) is 37.5 Å². The molecular formula is C12H15F3O. The highest BCUT2D eigenvalue weighted by atomic mass is 19.4. The summed E-state index contributed by atoms with van der Waals surface area (Å²) in [6, 6.07) is 2.65. The first kappa shape index (κ1) is 12.9. The smallest absolute Gasteiger partial charge is 0.417 e. The van der Waals surface area contributed by atoms with E-state index in [0.29, 0.717) is 0 Å². The van der Waals surface area contributed by atoms with Gasteiger partial charge in [-0.2, -0.15) is 13.2 Å². The maximum Gasteiger partial charge on any atom is 0.417 e. The Kier molecular flexibility index (Phi) is 2.96. The van der Waals surface area contributed by atoms with Gasteiger partial charge >= 0.3 is 6.18 Å². The lowest BCUT2D eigenvalue weighted by molar-refractivity contribution is -0.139. The number of hydrogen-bond donors (Lipinski definition) is 1. The van der Waals surface area contributed by atoms with Crippen LogP contribution >= 0.6 is 0 Å². The molecule has 0 aromatic heterocycles. The summed E-state index contributed by atoms with van der Waals surface area (Å²) >= 11 is 0. The molecule has 16 heavy (non-hydrogen) atoms. The predicted octanol–water partition coefficient (Wildman–Crippen LogP) is 4.02. The fourth-order valence-electron chi connectivity index (χ4n) is 1.69. The minimum Gasteiger partial charge on any atom is -0.508 e. The van der Waals surface area contributed by atoms with Gasteiger partial charge in [-0.15, -0.1) is 0 Å². The SMILES string of the molecule is Cc1c(O)ccc(C(C)(C)C)c1C(F)(F)F. The molecule has 0 amide bonds. The van der Waals surface area contributed by atoms with E-state index in [4.69, 9.17) is 0 Å². The molecule has 1 N–H and O–H groups in total. The molecule has 0 fully saturated rings. The summed E-state index contributed by atoms with van der Waals surface area (Å²) in [5, 5.41) is 9.35. The van der Waals surface area contributed by atoms with Crippen LogP contribution in [0.5, 0.6) is 5.75 Å². The first-order valence-corrected chi connectivity index (χ1v) is 4.95. The van der Waals surface area contributed by atoms with Crippen molar-refractivity contribution in [1.82, 2.24) is 0 Å². The van der Waals surface area contributed by atoms with Gasteiger partial charge in [-0.25, -0.2) is 0 Å². The van der Waals surface area contributed by atoms with Crippen LogP contribution in [0.4, 0.5) is 13.2 Å². The Balaban J connectivity index is 3.59. The number of halogens is 3. The van der Waals surface area contributed by atoms with Crippen molar-refractivity contribution in [3.05, 3.63) is 28.8 Å². The molecule has 1 aromatic rings. The highest BCUT2D eigenvalue weighted by molar-refractivity contribution is 5.47. The molecular weight excluding hydrogens is 217 g/mol. The van der Waals surface area contributed by atoms with E-state index in [1.165, 1.54) is 19.1 Å². The molecule has 0 radical (unpaired) electrons. The number of alkyl halides is 3. The molecule has 0 bridgehead atoms. The van der Waals surface area contributed by atoms with Gasteiger partial charge in [0.2, 0.25) is 0 Å². The summed E-state index contributed by atoms with van der Waals surface area (Å²) in [4.78, 5) is 0. The fourth-order valence-corrected chi connectivity index (χ4v) is 1.69. The van der Waals surface area contributed by atoms with Crippen LogP contribution in [0.3, 0.4) is 0 Å². The van der Waals surface area contributed by atoms with E-state index in [0.717, 1.165) is 0 Å². The standard InChI is InChI=1S/C12H15F3O/c1-7-9(16)6-5-8(11(2,3)4)10(7)12(13,14)15/h5-6,16H,1-4H3. The van der Waals surface area contributed by atoms with Gasteiger partial charge in [0.25, 0.3) is 0 Å². The number of aromatic hydroxyl groups is 1. The van der Waals surface area contributed by atoms with E-state index in [1.54, 1.807) is 20.8 Å². The van der Waals surface area contributed by atoms with E-state index in [-0.39, 0.29) is 16.9 Å². The molecule has 0 saturated heterocycles. The molecule has 4 heteroatoms. The van der Waals surface area contributed by atoms with Crippen LogP contribution in [0.25, 0.3) is 0 Å². The van der Waals surface area contributed by atoms with Crippen molar-refractivity contribution in [2.45, 2.75) is 39.3 Å². The molecule has 0 unspecified atom stereocenters. The maximum absolute atomic E-state index is 12.9. The average molecular weight is 232 g/mol. The molecule has 0 spiro atoms. The molecule has 1 rings (SSSR count). The van der Waals surface area contributed by atoms with E-state index in [9.17, 15) is 18.3 Å². The molecule has 0 aliphatic heterocycles. The lowest BCUT2D eigenvalue weighted by Gasteiger charge is -2.25. The van der Waals surface area contributed by atoms with E-state index >= 15 is 0 Å². The second-order valence-corrected chi connectivity index (χ2v) is 4.88. The van der Waals surface area contributed by atoms with Crippen LogP contribution in [0.15, 0.2) is 12.1 Å². The van der Waals surface area contributed by atoms with Crippen molar-refractivity contribution in [2.24, 2.45) is 0 Å². The molecule has 1 nitrogen and oxygen atoms in total. The predicted molar refractivity (Wildman–Crippen MR) is 56.5 cm³/mol. The maximum atomic E-state index is 12.9. The van der Waals surface area contributed by atoms with Gasteiger partial charge in [-0.1, -0.05) is 26.8 Å². The van der Waals surface area contributed by atoms with Crippen molar-refractivity contribution >= 4 is 0 Å². The zero-order chi connectivity index (χ0) is 12.7. The lowest BCUT2D eigenvalue weighted by atomic mass is 9.82. The zero-order valence-corrected chi connectivity index (χ0v) is 9.74. The monoisotopic (exact) mass is 232 g/mol. The molecule has 0 heterocycles. The quantitative estimate of drug-likeness (QED) is 0.716. The van der Waals surface area contributed by atoms with Gasteiger partial charge in [0.1, 0.15) is 5.75 Å². The summed E-state index contributed by atoms with van der Waals surface area (Å²) in [6.45, 7) is 6.43. The Bertz CT molecular complexity index is 400. The third kappa shape index (κ3) is 2.31. The highest BCUT2D eigenvalue weighted by Gasteiger charge is 2.38. The van der Waals surface area contributed by atoms with Gasteiger partial charge in [0.15, 0.2) is 0 Å². The van der Waals surface area contributed by atoms with Crippen LogP contribution in [-0.4, -0.2) is 5.11 Å². The van der Waals surface area contributed by atoms with Crippen molar-refractivity contribution < 1.29 is 18.3 Å². The number of hydrogen-bond acceptors (Lipinski definition) is 1. The zero-order valence-electron chi connectivity index (χ0n) is 9.74. The minimum absolute atomic E-state index is 0.111. The lowest BCUT2D eigenvalue weighted by Crippen LogP contribution is -2.20. The summed E-state index contributed by atoms with van der Waals surface area (Å²) in [5.74, 6) is -0.319. The first-order valence-electron chi connectivity index (χ1n) is 4.95. The van der Waals surface area contributed by atoms with Gasteiger partial charge in [0.05, 0.1) is 5.56 Å². The van der Waals surface area contributed by atoms with Gasteiger partial charge in [-0.3, -0.25) is 0 Å². The van der Waals surface area contributed by atoms with Crippen LogP contribution in [-0.2, 0) is 11.6 Å². The Morgan fingerprint density at radius 1 is 1.06 bits per heavy atom. The summed E-state index contributed by atoms with van der Waals surface area (Å²) < 4.78 is 38.7.